The Balaban J connectivity index is 1.51. The molecule has 26 heavy (non-hydrogen) atoms. The van der Waals surface area contributed by atoms with Crippen molar-refractivity contribution in [2.75, 3.05) is 26.2 Å². The molecule has 0 radical (unpaired) electrons. The van der Waals surface area contributed by atoms with Crippen LogP contribution in [0.15, 0.2) is 60.7 Å². The molecule has 1 fully saturated rings. The molecule has 0 N–H and O–H groups in total. The van der Waals surface area contributed by atoms with Crippen LogP contribution in [0.1, 0.15) is 17.5 Å². The molecule has 0 bridgehead atoms. The van der Waals surface area contributed by atoms with Gasteiger partial charge in [0.1, 0.15) is 0 Å². The highest BCUT2D eigenvalue weighted by Crippen LogP contribution is 2.22. The second kappa shape index (κ2) is 10.1. The maximum Gasteiger partial charge on any atom is 0.0768 e. The molecule has 2 aromatic rings. The van der Waals surface area contributed by atoms with Crippen molar-refractivity contribution in [3.05, 3.63) is 71.8 Å². The highest BCUT2D eigenvalue weighted by molar-refractivity contribution is 5.14. The van der Waals surface area contributed by atoms with E-state index in [1.165, 1.54) is 11.1 Å². The largest absolute Gasteiger partial charge is 0.376 e. The van der Waals surface area contributed by atoms with Gasteiger partial charge >= 0.3 is 0 Å². The van der Waals surface area contributed by atoms with Gasteiger partial charge in [0.15, 0.2) is 0 Å². The molecule has 4 nitrogen and oxygen atoms in total. The van der Waals surface area contributed by atoms with E-state index >= 15 is 0 Å². The van der Waals surface area contributed by atoms with Gasteiger partial charge in [-0.05, 0) is 11.1 Å². The number of hydrogen-bond donors (Lipinski definition) is 0. The van der Waals surface area contributed by atoms with E-state index < -0.39 is 0 Å². The Morgan fingerprint density at radius 1 is 0.923 bits per heavy atom. The Morgan fingerprint density at radius 3 is 2.23 bits per heavy atom. The highest BCUT2D eigenvalue weighted by Gasteiger charge is 2.33. The molecular formula is C22H26N2O2. The molecule has 0 unspecified atom stereocenters. The van der Waals surface area contributed by atoms with Crippen molar-refractivity contribution in [1.82, 2.24) is 4.90 Å². The van der Waals surface area contributed by atoms with Gasteiger partial charge in [-0.1, -0.05) is 60.7 Å². The monoisotopic (exact) mass is 350 g/mol. The number of rotatable bonds is 9. The summed E-state index contributed by atoms with van der Waals surface area (Å²) < 4.78 is 12.2. The number of ether oxygens (including phenoxy) is 2. The molecule has 0 saturated carbocycles. The molecule has 2 atom stereocenters. The third-order valence-corrected chi connectivity index (χ3v) is 4.75. The minimum absolute atomic E-state index is 0.143. The predicted octanol–water partition coefficient (Wildman–Crippen LogP) is 3.63. The van der Waals surface area contributed by atoms with Crippen molar-refractivity contribution < 1.29 is 9.47 Å². The van der Waals surface area contributed by atoms with E-state index in [9.17, 15) is 0 Å². The lowest BCUT2D eigenvalue weighted by Gasteiger charge is -2.19. The maximum atomic E-state index is 8.85. The Hall–Kier alpha value is -2.19. The third kappa shape index (κ3) is 5.67. The predicted molar refractivity (Wildman–Crippen MR) is 101 cm³/mol. The minimum Gasteiger partial charge on any atom is -0.376 e. The first-order valence-electron chi connectivity index (χ1n) is 9.21. The van der Waals surface area contributed by atoms with Crippen molar-refractivity contribution >= 4 is 0 Å². The molecule has 0 spiro atoms. The number of hydrogen-bond acceptors (Lipinski definition) is 4. The Morgan fingerprint density at radius 2 is 1.58 bits per heavy atom. The van der Waals surface area contributed by atoms with Gasteiger partial charge in [-0.3, -0.25) is 4.90 Å². The summed E-state index contributed by atoms with van der Waals surface area (Å²) in [6.45, 7) is 4.52. The van der Waals surface area contributed by atoms with E-state index in [-0.39, 0.29) is 6.10 Å². The van der Waals surface area contributed by atoms with E-state index in [0.29, 0.717) is 32.2 Å². The Kier molecular flexibility index (Phi) is 7.21. The van der Waals surface area contributed by atoms with E-state index in [1.54, 1.807) is 0 Å². The molecule has 0 aromatic heterocycles. The molecule has 0 aliphatic carbocycles. The standard InChI is InChI=1S/C22H26N2O2/c23-12-7-13-24-14-21(18-25-16-19-8-3-1-4-9-19)22(15-24)26-17-20-10-5-2-6-11-20/h1-6,8-11,21-22H,7,13-18H2/t21-,22+/m1/s1. The van der Waals surface area contributed by atoms with Gasteiger partial charge in [0.2, 0.25) is 0 Å². The fraction of sp³-hybridized carbons (Fsp3) is 0.409. The first-order valence-corrected chi connectivity index (χ1v) is 9.21. The lowest BCUT2D eigenvalue weighted by atomic mass is 10.1. The van der Waals surface area contributed by atoms with Crippen LogP contribution in [0.3, 0.4) is 0 Å². The molecule has 2 aromatic carbocycles. The normalized spacial score (nSPS) is 20.1. The van der Waals surface area contributed by atoms with E-state index in [2.05, 4.69) is 35.2 Å². The maximum absolute atomic E-state index is 8.85. The molecule has 0 amide bonds. The topological polar surface area (TPSA) is 45.5 Å². The Bertz CT molecular complexity index is 684. The average Bonchev–Trinajstić information content (AvgIpc) is 3.08. The number of benzene rings is 2. The van der Waals surface area contributed by atoms with Crippen molar-refractivity contribution in [3.8, 4) is 6.07 Å². The SMILES string of the molecule is N#CCCN1C[C@H](COCc2ccccc2)[C@@H](OCc2ccccc2)C1. The van der Waals surface area contributed by atoms with Crippen LogP contribution < -0.4 is 0 Å². The minimum atomic E-state index is 0.143. The van der Waals surface area contributed by atoms with Crippen LogP contribution in [0.25, 0.3) is 0 Å². The van der Waals surface area contributed by atoms with Crippen molar-refractivity contribution in [3.63, 3.8) is 0 Å². The van der Waals surface area contributed by atoms with Gasteiger partial charge in [0.05, 0.1) is 32.0 Å². The molecule has 3 rings (SSSR count). The van der Waals surface area contributed by atoms with Crippen LogP contribution in [-0.2, 0) is 22.7 Å². The number of nitrogens with zero attached hydrogens (tertiary/aromatic N) is 2. The summed E-state index contributed by atoms with van der Waals surface area (Å²) >= 11 is 0. The molecular weight excluding hydrogens is 324 g/mol. The molecule has 1 heterocycles. The van der Waals surface area contributed by atoms with Gasteiger partial charge < -0.3 is 9.47 Å². The average molecular weight is 350 g/mol. The van der Waals surface area contributed by atoms with E-state index in [4.69, 9.17) is 14.7 Å². The van der Waals surface area contributed by atoms with Gasteiger partial charge in [0.25, 0.3) is 0 Å². The summed E-state index contributed by atoms with van der Waals surface area (Å²) in [5.41, 5.74) is 2.38. The van der Waals surface area contributed by atoms with Gasteiger partial charge in [-0.2, -0.15) is 5.26 Å². The molecule has 1 aliphatic heterocycles. The zero-order chi connectivity index (χ0) is 18.0. The zero-order valence-corrected chi connectivity index (χ0v) is 15.1. The number of nitriles is 1. The summed E-state index contributed by atoms with van der Waals surface area (Å²) in [5, 5.41) is 8.85. The summed E-state index contributed by atoms with van der Waals surface area (Å²) in [7, 11) is 0. The fourth-order valence-electron chi connectivity index (χ4n) is 3.35. The van der Waals surface area contributed by atoms with Crippen LogP contribution in [0.5, 0.6) is 0 Å². The van der Waals surface area contributed by atoms with Crippen LogP contribution in [0, 0.1) is 17.2 Å². The smallest absolute Gasteiger partial charge is 0.0768 e. The summed E-state index contributed by atoms with van der Waals surface area (Å²) in [6.07, 6.45) is 0.702. The second-order valence-corrected chi connectivity index (χ2v) is 6.76. The summed E-state index contributed by atoms with van der Waals surface area (Å²) in [4.78, 5) is 2.31. The van der Waals surface area contributed by atoms with Crippen LogP contribution in [0.4, 0.5) is 0 Å². The molecule has 136 valence electrons. The molecule has 1 saturated heterocycles. The van der Waals surface area contributed by atoms with Crippen LogP contribution in [-0.4, -0.2) is 37.2 Å². The lowest BCUT2D eigenvalue weighted by molar-refractivity contribution is -0.0106. The molecule has 4 heteroatoms. The zero-order valence-electron chi connectivity index (χ0n) is 15.1. The van der Waals surface area contributed by atoms with Crippen molar-refractivity contribution in [2.24, 2.45) is 5.92 Å². The van der Waals surface area contributed by atoms with Crippen molar-refractivity contribution in [2.45, 2.75) is 25.7 Å². The molecule has 1 aliphatic rings. The van der Waals surface area contributed by atoms with E-state index in [0.717, 1.165) is 19.6 Å². The van der Waals surface area contributed by atoms with Gasteiger partial charge in [0, 0.05) is 32.0 Å². The Labute approximate surface area is 156 Å². The quantitative estimate of drug-likeness (QED) is 0.693. The van der Waals surface area contributed by atoms with Crippen molar-refractivity contribution in [1.29, 1.82) is 5.26 Å². The second-order valence-electron chi connectivity index (χ2n) is 6.76. The number of likely N-dealkylation sites (tertiary alicyclic amines) is 1. The third-order valence-electron chi connectivity index (χ3n) is 4.75. The van der Waals surface area contributed by atoms with E-state index in [1.807, 2.05) is 36.4 Å². The lowest BCUT2D eigenvalue weighted by Crippen LogP contribution is -2.26. The van der Waals surface area contributed by atoms with Crippen LogP contribution >= 0.6 is 0 Å². The summed E-state index contributed by atoms with van der Waals surface area (Å²) in [5.74, 6) is 0.334. The first-order chi connectivity index (χ1) is 12.8. The highest BCUT2D eigenvalue weighted by atomic mass is 16.5. The van der Waals surface area contributed by atoms with Gasteiger partial charge in [-0.25, -0.2) is 0 Å². The first kappa shape index (κ1) is 18.6. The summed E-state index contributed by atoms with van der Waals surface area (Å²) in [6, 6.07) is 22.7. The fourth-order valence-corrected chi connectivity index (χ4v) is 3.35. The van der Waals surface area contributed by atoms with Gasteiger partial charge in [-0.15, -0.1) is 0 Å². The van der Waals surface area contributed by atoms with Crippen LogP contribution in [0.2, 0.25) is 0 Å².